The molecule has 2 aliphatic rings. The number of nitrogens with zero attached hydrogens (tertiary/aromatic N) is 5. The maximum atomic E-state index is 13.1. The molecule has 1 saturated heterocycles. The summed E-state index contributed by atoms with van der Waals surface area (Å²) in [6, 6.07) is 24.1. The number of hydrogen-bond donors (Lipinski definition) is 2. The first-order valence-electron chi connectivity index (χ1n) is 20.8. The van der Waals surface area contributed by atoms with Crippen molar-refractivity contribution in [2.24, 2.45) is 5.92 Å². The van der Waals surface area contributed by atoms with Crippen molar-refractivity contribution in [3.05, 3.63) is 138 Å². The molecule has 4 aromatic carbocycles. The zero-order valence-corrected chi connectivity index (χ0v) is 39.4. The molecular weight excluding hydrogens is 939 g/mol. The van der Waals surface area contributed by atoms with E-state index in [1.165, 1.54) is 0 Å². The Hall–Kier alpha value is -4.88. The molecule has 6 aromatic rings. The molecule has 1 aliphatic carbocycles. The standard InChI is InChI=1S/C24H22Cl3N3O2.C23H21Cl3N4O2/c1-14-21(24(32)28-23(31)16-5-3-2-4-6-16)29-30(20-12-11-18(26)13-19(20)27)22(14)15-7-9-17(25)10-8-15;1-14-20(22(31)27-23(32)29-11-3-2-4-12-29)28-30(19-10-9-17(25)13-18(19)26)21(14)15-5-7-16(24)8-6-15/h7-13,16H,2-6H2,1H3,(H,28,31,32);5-10,13H,2-4,11-12H2,1H3,(H,27,31,32). The molecule has 2 aromatic heterocycles. The highest BCUT2D eigenvalue weighted by Crippen LogP contribution is 2.35. The topological polar surface area (TPSA) is 131 Å². The minimum atomic E-state index is -0.558. The van der Waals surface area contributed by atoms with Crippen molar-refractivity contribution in [1.29, 1.82) is 0 Å². The summed E-state index contributed by atoms with van der Waals surface area (Å²) in [4.78, 5) is 52.9. The second kappa shape index (κ2) is 21.0. The molecule has 5 amide bonds. The van der Waals surface area contributed by atoms with Gasteiger partial charge in [0.05, 0.1) is 32.8 Å². The van der Waals surface area contributed by atoms with Gasteiger partial charge >= 0.3 is 6.03 Å². The van der Waals surface area contributed by atoms with Crippen LogP contribution in [0.4, 0.5) is 4.79 Å². The lowest BCUT2D eigenvalue weighted by Crippen LogP contribution is -2.45. The van der Waals surface area contributed by atoms with Gasteiger partial charge < -0.3 is 4.90 Å². The number of amides is 5. The Balaban J connectivity index is 0.000000191. The molecule has 1 aliphatic heterocycles. The van der Waals surface area contributed by atoms with Crippen LogP contribution in [0.2, 0.25) is 30.1 Å². The summed E-state index contributed by atoms with van der Waals surface area (Å²) >= 11 is 37.2. The second-order valence-electron chi connectivity index (χ2n) is 15.6. The van der Waals surface area contributed by atoms with E-state index in [0.29, 0.717) is 77.1 Å². The van der Waals surface area contributed by atoms with Crippen LogP contribution >= 0.6 is 69.6 Å². The number of hydrogen-bond acceptors (Lipinski definition) is 6. The van der Waals surface area contributed by atoms with Crippen molar-refractivity contribution in [3.63, 3.8) is 0 Å². The number of urea groups is 1. The minimum Gasteiger partial charge on any atom is -0.324 e. The summed E-state index contributed by atoms with van der Waals surface area (Å²) in [7, 11) is 0. The molecule has 0 unspecified atom stereocenters. The van der Waals surface area contributed by atoms with Gasteiger partial charge in [0.15, 0.2) is 11.4 Å². The highest BCUT2D eigenvalue weighted by Gasteiger charge is 2.29. The van der Waals surface area contributed by atoms with E-state index in [-0.39, 0.29) is 23.2 Å². The fourth-order valence-corrected chi connectivity index (χ4v) is 9.17. The lowest BCUT2D eigenvalue weighted by Gasteiger charge is -2.26. The second-order valence-corrected chi connectivity index (χ2v) is 18.2. The Morgan fingerprint density at radius 2 is 0.938 bits per heavy atom. The highest BCUT2D eigenvalue weighted by atomic mass is 35.5. The molecule has 11 nitrogen and oxygen atoms in total. The van der Waals surface area contributed by atoms with E-state index >= 15 is 0 Å². The summed E-state index contributed by atoms with van der Waals surface area (Å²) in [6.07, 6.45) is 7.73. The molecule has 3 heterocycles. The van der Waals surface area contributed by atoms with Crippen LogP contribution in [0.5, 0.6) is 0 Å². The Morgan fingerprint density at radius 1 is 0.531 bits per heavy atom. The molecule has 0 spiro atoms. The van der Waals surface area contributed by atoms with Gasteiger partial charge in [-0.2, -0.15) is 10.2 Å². The van der Waals surface area contributed by atoms with Crippen LogP contribution in [-0.4, -0.2) is 61.3 Å². The fraction of sp³-hybridized carbons (Fsp3) is 0.277. The van der Waals surface area contributed by atoms with Gasteiger partial charge in [-0.3, -0.25) is 25.0 Å². The Labute approximate surface area is 400 Å². The van der Waals surface area contributed by atoms with Crippen molar-refractivity contribution in [3.8, 4) is 33.9 Å². The van der Waals surface area contributed by atoms with E-state index in [2.05, 4.69) is 20.8 Å². The number of piperidine rings is 1. The third kappa shape index (κ3) is 10.8. The lowest BCUT2D eigenvalue weighted by molar-refractivity contribution is -0.124. The smallest absolute Gasteiger partial charge is 0.324 e. The average molecular weight is 983 g/mol. The summed E-state index contributed by atoms with van der Waals surface area (Å²) in [5, 5.41) is 17.1. The van der Waals surface area contributed by atoms with E-state index < -0.39 is 17.8 Å². The molecular formula is C47H43Cl6N7O4. The average Bonchev–Trinajstić information content (AvgIpc) is 3.81. The van der Waals surface area contributed by atoms with Crippen molar-refractivity contribution >= 4 is 93.4 Å². The molecule has 332 valence electrons. The van der Waals surface area contributed by atoms with Gasteiger partial charge in [-0.15, -0.1) is 0 Å². The molecule has 64 heavy (non-hydrogen) atoms. The van der Waals surface area contributed by atoms with E-state index in [0.717, 1.165) is 62.5 Å². The van der Waals surface area contributed by atoms with Gasteiger partial charge in [0, 0.05) is 61.4 Å². The van der Waals surface area contributed by atoms with E-state index in [1.807, 2.05) is 24.3 Å². The van der Waals surface area contributed by atoms with Gasteiger partial charge in [-0.25, -0.2) is 14.2 Å². The molecule has 2 fully saturated rings. The number of halogens is 6. The molecule has 0 atom stereocenters. The summed E-state index contributed by atoms with van der Waals surface area (Å²) < 4.78 is 3.20. The van der Waals surface area contributed by atoms with Gasteiger partial charge in [-0.05, 0) is 107 Å². The number of imide groups is 2. The Morgan fingerprint density at radius 3 is 1.38 bits per heavy atom. The van der Waals surface area contributed by atoms with Gasteiger partial charge in [0.1, 0.15) is 0 Å². The molecule has 0 radical (unpaired) electrons. The molecule has 8 rings (SSSR count). The van der Waals surface area contributed by atoms with Crippen LogP contribution in [0.25, 0.3) is 33.9 Å². The number of likely N-dealkylation sites (tertiary alicyclic amines) is 1. The lowest BCUT2D eigenvalue weighted by atomic mass is 9.88. The fourth-order valence-electron chi connectivity index (χ4n) is 7.94. The maximum Gasteiger partial charge on any atom is 0.324 e. The first-order valence-corrected chi connectivity index (χ1v) is 23.0. The molecule has 17 heteroatoms. The summed E-state index contributed by atoms with van der Waals surface area (Å²) in [5.41, 5.74) is 5.65. The van der Waals surface area contributed by atoms with Gasteiger partial charge in [0.25, 0.3) is 11.8 Å². The molecule has 0 bridgehead atoms. The Kier molecular flexibility index (Phi) is 15.4. The molecule has 1 saturated carbocycles. The number of nitrogens with one attached hydrogen (secondary N) is 2. The van der Waals surface area contributed by atoms with Crippen LogP contribution in [0, 0.1) is 19.8 Å². The largest absolute Gasteiger partial charge is 0.324 e. The van der Waals surface area contributed by atoms with Gasteiger partial charge in [-0.1, -0.05) is 113 Å². The predicted molar refractivity (Wildman–Crippen MR) is 255 cm³/mol. The SMILES string of the molecule is Cc1c(C(=O)NC(=O)C2CCCCC2)nn(-c2ccc(Cl)cc2Cl)c1-c1ccc(Cl)cc1.Cc1c(C(=O)NC(=O)N2CCCCC2)nn(-c2ccc(Cl)cc2Cl)c1-c1ccc(Cl)cc1. The number of carbonyl (C=O) groups is 4. The van der Waals surface area contributed by atoms with Crippen LogP contribution in [0.1, 0.15) is 83.5 Å². The monoisotopic (exact) mass is 979 g/mol. The van der Waals surface area contributed by atoms with Crippen molar-refractivity contribution in [2.75, 3.05) is 13.1 Å². The van der Waals surface area contributed by atoms with Gasteiger partial charge in [0.2, 0.25) is 5.91 Å². The van der Waals surface area contributed by atoms with Crippen LogP contribution in [0.15, 0.2) is 84.9 Å². The predicted octanol–water partition coefficient (Wildman–Crippen LogP) is 12.8. The minimum absolute atomic E-state index is 0.128. The van der Waals surface area contributed by atoms with Crippen molar-refractivity contribution < 1.29 is 19.2 Å². The van der Waals surface area contributed by atoms with Crippen molar-refractivity contribution in [1.82, 2.24) is 35.1 Å². The van der Waals surface area contributed by atoms with Crippen LogP contribution in [-0.2, 0) is 4.79 Å². The molecule has 2 N–H and O–H groups in total. The third-order valence-electron chi connectivity index (χ3n) is 11.3. The third-order valence-corrected chi connectivity index (χ3v) is 12.8. The number of aromatic nitrogens is 4. The first kappa shape index (κ1) is 47.1. The summed E-state index contributed by atoms with van der Waals surface area (Å²) in [5.74, 6) is -1.44. The number of rotatable bonds is 7. The normalized spacial score (nSPS) is 14.1. The maximum absolute atomic E-state index is 13.1. The Bertz CT molecular complexity index is 2520. The van der Waals surface area contributed by atoms with Crippen LogP contribution in [0.3, 0.4) is 0 Å². The number of benzene rings is 4. The zero-order valence-electron chi connectivity index (χ0n) is 34.9. The number of carbonyl (C=O) groups excluding carboxylic acids is 4. The van der Waals surface area contributed by atoms with Crippen molar-refractivity contribution in [2.45, 2.75) is 65.2 Å². The first-order chi connectivity index (χ1) is 30.7. The van der Waals surface area contributed by atoms with E-state index in [1.54, 1.807) is 88.8 Å². The highest BCUT2D eigenvalue weighted by molar-refractivity contribution is 6.36. The van der Waals surface area contributed by atoms with E-state index in [9.17, 15) is 19.2 Å². The van der Waals surface area contributed by atoms with E-state index in [4.69, 9.17) is 69.6 Å². The van der Waals surface area contributed by atoms with Crippen LogP contribution < -0.4 is 10.6 Å². The summed E-state index contributed by atoms with van der Waals surface area (Å²) in [6.45, 7) is 4.88. The quantitative estimate of drug-likeness (QED) is 0.153. The zero-order chi connectivity index (χ0) is 45.7.